The lowest BCUT2D eigenvalue weighted by molar-refractivity contribution is -0.142. The first-order valence-corrected chi connectivity index (χ1v) is 4.88. The smallest absolute Gasteiger partial charge is 0.323 e. The molecule has 15 heavy (non-hydrogen) atoms. The second-order valence-corrected chi connectivity index (χ2v) is 3.72. The van der Waals surface area contributed by atoms with Crippen LogP contribution in [0.4, 0.5) is 0 Å². The normalized spacial score (nSPS) is 15.8. The van der Waals surface area contributed by atoms with E-state index in [2.05, 4.69) is 10.3 Å². The first-order chi connectivity index (χ1) is 6.90. The van der Waals surface area contributed by atoms with E-state index in [1.54, 1.807) is 7.05 Å². The van der Waals surface area contributed by atoms with Gasteiger partial charge in [0.2, 0.25) is 0 Å². The zero-order valence-electron chi connectivity index (χ0n) is 9.29. The average Bonchev–Trinajstić information content (AvgIpc) is 2.16. The van der Waals surface area contributed by atoms with Crippen LogP contribution < -0.4 is 16.8 Å². The maximum Gasteiger partial charge on any atom is 0.323 e. The largest absolute Gasteiger partial charge is 0.480 e. The summed E-state index contributed by atoms with van der Waals surface area (Å²) in [4.78, 5) is 14.4. The Balaban J connectivity index is 3.59. The SMILES string of the molecule is CN=C(N)NCCCCC(C)(N)C(=O)O. The van der Waals surface area contributed by atoms with Gasteiger partial charge in [-0.15, -0.1) is 0 Å². The second-order valence-electron chi connectivity index (χ2n) is 3.72. The van der Waals surface area contributed by atoms with E-state index >= 15 is 0 Å². The topological polar surface area (TPSA) is 114 Å². The third-order valence-corrected chi connectivity index (χ3v) is 2.16. The van der Waals surface area contributed by atoms with Crippen molar-refractivity contribution in [2.75, 3.05) is 13.6 Å². The molecule has 6 heteroatoms. The monoisotopic (exact) mass is 216 g/mol. The van der Waals surface area contributed by atoms with Gasteiger partial charge in [0.05, 0.1) is 0 Å². The molecular weight excluding hydrogens is 196 g/mol. The van der Waals surface area contributed by atoms with E-state index < -0.39 is 11.5 Å². The number of nitrogens with zero attached hydrogens (tertiary/aromatic N) is 1. The Morgan fingerprint density at radius 3 is 2.60 bits per heavy atom. The molecule has 0 aliphatic rings. The number of unbranched alkanes of at least 4 members (excludes halogenated alkanes) is 1. The quantitative estimate of drug-likeness (QED) is 0.271. The number of aliphatic carboxylic acids is 1. The molecule has 0 rings (SSSR count). The van der Waals surface area contributed by atoms with Crippen LogP contribution in [0.25, 0.3) is 0 Å². The van der Waals surface area contributed by atoms with Crippen molar-refractivity contribution in [1.29, 1.82) is 0 Å². The van der Waals surface area contributed by atoms with Crippen LogP contribution in [-0.2, 0) is 4.79 Å². The molecular formula is C9H20N4O2. The lowest BCUT2D eigenvalue weighted by Crippen LogP contribution is -2.44. The third kappa shape index (κ3) is 5.90. The number of guanidine groups is 1. The highest BCUT2D eigenvalue weighted by Crippen LogP contribution is 2.10. The van der Waals surface area contributed by atoms with E-state index in [1.165, 1.54) is 6.92 Å². The molecule has 1 atom stereocenters. The minimum absolute atomic E-state index is 0.392. The molecule has 0 aliphatic carbocycles. The van der Waals surface area contributed by atoms with E-state index in [9.17, 15) is 4.79 Å². The van der Waals surface area contributed by atoms with Crippen molar-refractivity contribution in [1.82, 2.24) is 5.32 Å². The summed E-state index contributed by atoms with van der Waals surface area (Å²) in [6.07, 6.45) is 2.01. The lowest BCUT2D eigenvalue weighted by atomic mass is 9.96. The summed E-state index contributed by atoms with van der Waals surface area (Å²) < 4.78 is 0. The molecule has 6 N–H and O–H groups in total. The number of carbonyl (C=O) groups is 1. The summed E-state index contributed by atoms with van der Waals surface area (Å²) in [5, 5.41) is 11.6. The fraction of sp³-hybridized carbons (Fsp3) is 0.778. The number of hydrogen-bond acceptors (Lipinski definition) is 3. The Morgan fingerprint density at radius 1 is 1.53 bits per heavy atom. The van der Waals surface area contributed by atoms with Gasteiger partial charge in [0.15, 0.2) is 5.96 Å². The minimum Gasteiger partial charge on any atom is -0.480 e. The van der Waals surface area contributed by atoms with Gasteiger partial charge in [-0.2, -0.15) is 0 Å². The van der Waals surface area contributed by atoms with Crippen molar-refractivity contribution >= 4 is 11.9 Å². The molecule has 0 saturated carbocycles. The van der Waals surface area contributed by atoms with Crippen molar-refractivity contribution in [3.63, 3.8) is 0 Å². The van der Waals surface area contributed by atoms with Crippen LogP contribution in [0.2, 0.25) is 0 Å². The fourth-order valence-corrected chi connectivity index (χ4v) is 1.02. The van der Waals surface area contributed by atoms with E-state index in [0.29, 0.717) is 18.9 Å². The van der Waals surface area contributed by atoms with Crippen LogP contribution in [0.3, 0.4) is 0 Å². The number of carboxylic acid groups (broad SMARTS) is 1. The molecule has 0 aromatic heterocycles. The van der Waals surface area contributed by atoms with Gasteiger partial charge in [0.25, 0.3) is 0 Å². The Bertz CT molecular complexity index is 238. The number of nitrogens with one attached hydrogen (secondary N) is 1. The standard InChI is InChI=1S/C9H20N4O2/c1-9(11,7(14)15)5-3-4-6-13-8(10)12-2/h3-6,11H2,1-2H3,(H,14,15)(H3,10,12,13). The van der Waals surface area contributed by atoms with Crippen LogP contribution >= 0.6 is 0 Å². The fourth-order valence-electron chi connectivity index (χ4n) is 1.02. The van der Waals surface area contributed by atoms with Crippen molar-refractivity contribution in [3.8, 4) is 0 Å². The number of carboxylic acids is 1. The molecule has 6 nitrogen and oxygen atoms in total. The Morgan fingerprint density at radius 2 is 2.13 bits per heavy atom. The van der Waals surface area contributed by atoms with Crippen LogP contribution in [0.1, 0.15) is 26.2 Å². The Labute approximate surface area is 89.7 Å². The number of rotatable bonds is 6. The van der Waals surface area contributed by atoms with Crippen LogP contribution in [0.15, 0.2) is 4.99 Å². The lowest BCUT2D eigenvalue weighted by Gasteiger charge is -2.18. The predicted molar refractivity (Wildman–Crippen MR) is 59.6 cm³/mol. The second kappa shape index (κ2) is 6.23. The van der Waals surface area contributed by atoms with E-state index in [4.69, 9.17) is 16.6 Å². The van der Waals surface area contributed by atoms with Gasteiger partial charge in [0.1, 0.15) is 5.54 Å². The Kier molecular flexibility index (Phi) is 5.69. The summed E-state index contributed by atoms with van der Waals surface area (Å²) in [5.41, 5.74) is 9.83. The molecule has 0 heterocycles. The van der Waals surface area contributed by atoms with Gasteiger partial charge in [-0.3, -0.25) is 9.79 Å². The molecule has 0 amide bonds. The maximum absolute atomic E-state index is 10.7. The summed E-state index contributed by atoms with van der Waals surface area (Å²) >= 11 is 0. The highest BCUT2D eigenvalue weighted by molar-refractivity contribution is 5.78. The number of aliphatic imine (C=N–C) groups is 1. The van der Waals surface area contributed by atoms with Gasteiger partial charge in [-0.1, -0.05) is 0 Å². The van der Waals surface area contributed by atoms with Crippen molar-refractivity contribution in [3.05, 3.63) is 0 Å². The number of hydrogen-bond donors (Lipinski definition) is 4. The third-order valence-electron chi connectivity index (χ3n) is 2.16. The summed E-state index contributed by atoms with van der Waals surface area (Å²) in [6.45, 7) is 2.20. The first kappa shape index (κ1) is 13.7. The van der Waals surface area contributed by atoms with Gasteiger partial charge >= 0.3 is 5.97 Å². The van der Waals surface area contributed by atoms with Crippen LogP contribution in [0, 0.1) is 0 Å². The van der Waals surface area contributed by atoms with Crippen molar-refractivity contribution in [2.45, 2.75) is 31.7 Å². The first-order valence-electron chi connectivity index (χ1n) is 4.88. The van der Waals surface area contributed by atoms with E-state index in [0.717, 1.165) is 12.8 Å². The molecule has 0 aromatic carbocycles. The van der Waals surface area contributed by atoms with Crippen molar-refractivity contribution < 1.29 is 9.90 Å². The van der Waals surface area contributed by atoms with Crippen LogP contribution in [0.5, 0.6) is 0 Å². The Hall–Kier alpha value is -1.30. The molecule has 0 radical (unpaired) electrons. The summed E-state index contributed by atoms with van der Waals surface area (Å²) in [5.74, 6) is -0.575. The number of nitrogens with two attached hydrogens (primary N) is 2. The zero-order chi connectivity index (χ0) is 11.9. The average molecular weight is 216 g/mol. The predicted octanol–water partition coefficient (Wildman–Crippen LogP) is -0.507. The highest BCUT2D eigenvalue weighted by atomic mass is 16.4. The molecule has 0 bridgehead atoms. The minimum atomic E-state index is -1.13. The molecule has 88 valence electrons. The van der Waals surface area contributed by atoms with Gasteiger partial charge in [-0.05, 0) is 26.2 Å². The van der Waals surface area contributed by atoms with Gasteiger partial charge in [0, 0.05) is 13.6 Å². The van der Waals surface area contributed by atoms with Gasteiger partial charge < -0.3 is 21.9 Å². The molecule has 0 aliphatic heterocycles. The maximum atomic E-state index is 10.7. The summed E-state index contributed by atoms with van der Waals surface area (Å²) in [7, 11) is 1.60. The van der Waals surface area contributed by atoms with Gasteiger partial charge in [-0.25, -0.2) is 0 Å². The van der Waals surface area contributed by atoms with Crippen LogP contribution in [-0.4, -0.2) is 36.2 Å². The molecule has 0 spiro atoms. The summed E-state index contributed by atoms with van der Waals surface area (Å²) in [6, 6.07) is 0. The van der Waals surface area contributed by atoms with Crippen molar-refractivity contribution in [2.24, 2.45) is 16.5 Å². The zero-order valence-corrected chi connectivity index (χ0v) is 9.29. The highest BCUT2D eigenvalue weighted by Gasteiger charge is 2.26. The van der Waals surface area contributed by atoms with E-state index in [-0.39, 0.29) is 0 Å². The van der Waals surface area contributed by atoms with E-state index in [1.807, 2.05) is 0 Å². The molecule has 0 fully saturated rings. The molecule has 0 aromatic rings. The molecule has 1 unspecified atom stereocenters. The molecule has 0 saturated heterocycles.